The molecule has 1 N–H and O–H groups in total. The zero-order valence-corrected chi connectivity index (χ0v) is 17.8. The maximum Gasteiger partial charge on any atom is 0.253 e. The second kappa shape index (κ2) is 9.69. The van der Waals surface area contributed by atoms with Gasteiger partial charge in [0.1, 0.15) is 0 Å². The van der Waals surface area contributed by atoms with Crippen molar-refractivity contribution < 1.29 is 18.0 Å². The highest BCUT2D eigenvalue weighted by atomic mass is 32.2. The molecule has 0 radical (unpaired) electrons. The van der Waals surface area contributed by atoms with Crippen molar-refractivity contribution in [3.63, 3.8) is 0 Å². The van der Waals surface area contributed by atoms with Gasteiger partial charge in [0.15, 0.2) is 0 Å². The van der Waals surface area contributed by atoms with E-state index in [-0.39, 0.29) is 16.7 Å². The van der Waals surface area contributed by atoms with E-state index in [1.165, 1.54) is 16.4 Å². The topological polar surface area (TPSA) is 90.0 Å². The van der Waals surface area contributed by atoms with Crippen LogP contribution in [0.1, 0.15) is 36.5 Å². The molecule has 0 saturated carbocycles. The van der Waals surface area contributed by atoms with Gasteiger partial charge in [-0.1, -0.05) is 6.92 Å². The number of benzene rings is 1. The van der Waals surface area contributed by atoms with E-state index in [0.717, 1.165) is 19.3 Å². The van der Waals surface area contributed by atoms with Gasteiger partial charge >= 0.3 is 0 Å². The van der Waals surface area contributed by atoms with E-state index in [2.05, 4.69) is 5.32 Å². The standard InChI is InChI=1S/C20H30N4O4S/c1-2-9-21-19(25)16-22-12-14-23(15-13-22)20(26)17-5-7-18(8-6-17)29(27,28)24-10-3-4-11-24/h5-8H,2-4,9-16H2,1H3,(H,21,25). The molecule has 0 unspecified atom stereocenters. The van der Waals surface area contributed by atoms with Crippen molar-refractivity contribution in [2.24, 2.45) is 0 Å². The van der Waals surface area contributed by atoms with Crippen LogP contribution in [-0.2, 0) is 14.8 Å². The quantitative estimate of drug-likeness (QED) is 0.701. The van der Waals surface area contributed by atoms with Gasteiger partial charge in [0.25, 0.3) is 5.91 Å². The van der Waals surface area contributed by atoms with E-state index in [1.807, 2.05) is 11.8 Å². The molecule has 2 heterocycles. The van der Waals surface area contributed by atoms with Crippen LogP contribution >= 0.6 is 0 Å². The second-order valence-electron chi connectivity index (χ2n) is 7.55. The maximum absolute atomic E-state index is 12.8. The van der Waals surface area contributed by atoms with Crippen LogP contribution in [0.2, 0.25) is 0 Å². The van der Waals surface area contributed by atoms with Crippen molar-refractivity contribution in [3.8, 4) is 0 Å². The van der Waals surface area contributed by atoms with Crippen molar-refractivity contribution in [2.75, 3.05) is 52.4 Å². The molecule has 0 atom stereocenters. The number of amides is 2. The normalized spacial score (nSPS) is 18.7. The van der Waals surface area contributed by atoms with E-state index in [0.29, 0.717) is 57.9 Å². The molecule has 1 aromatic rings. The van der Waals surface area contributed by atoms with Crippen LogP contribution in [0, 0.1) is 0 Å². The molecule has 0 aromatic heterocycles. The van der Waals surface area contributed by atoms with Crippen LogP contribution in [0.5, 0.6) is 0 Å². The highest BCUT2D eigenvalue weighted by molar-refractivity contribution is 7.89. The summed E-state index contributed by atoms with van der Waals surface area (Å²) in [5, 5.41) is 2.86. The summed E-state index contributed by atoms with van der Waals surface area (Å²) >= 11 is 0. The SMILES string of the molecule is CCCNC(=O)CN1CCN(C(=O)c2ccc(S(=O)(=O)N3CCCC3)cc2)CC1. The Morgan fingerprint density at radius 3 is 2.17 bits per heavy atom. The third kappa shape index (κ3) is 5.34. The van der Waals surface area contributed by atoms with Crippen LogP contribution in [-0.4, -0.2) is 86.7 Å². The van der Waals surface area contributed by atoms with Gasteiger partial charge < -0.3 is 10.2 Å². The Hall–Kier alpha value is -1.97. The molecule has 29 heavy (non-hydrogen) atoms. The monoisotopic (exact) mass is 422 g/mol. The molecule has 2 fully saturated rings. The van der Waals surface area contributed by atoms with Crippen molar-refractivity contribution in [1.82, 2.24) is 19.4 Å². The van der Waals surface area contributed by atoms with Crippen molar-refractivity contribution in [3.05, 3.63) is 29.8 Å². The number of nitrogens with zero attached hydrogens (tertiary/aromatic N) is 3. The first-order valence-electron chi connectivity index (χ1n) is 10.3. The summed E-state index contributed by atoms with van der Waals surface area (Å²) in [5.74, 6) is -0.0911. The zero-order chi connectivity index (χ0) is 20.9. The fraction of sp³-hybridized carbons (Fsp3) is 0.600. The predicted octanol–water partition coefficient (Wildman–Crippen LogP) is 0.755. The van der Waals surface area contributed by atoms with E-state index < -0.39 is 10.0 Å². The molecule has 9 heteroatoms. The van der Waals surface area contributed by atoms with Gasteiger partial charge in [-0.15, -0.1) is 0 Å². The van der Waals surface area contributed by atoms with Gasteiger partial charge in [0, 0.05) is 51.4 Å². The summed E-state index contributed by atoms with van der Waals surface area (Å²) in [6.07, 6.45) is 2.69. The van der Waals surface area contributed by atoms with Crippen LogP contribution in [0.4, 0.5) is 0 Å². The largest absolute Gasteiger partial charge is 0.355 e. The van der Waals surface area contributed by atoms with Crippen LogP contribution in [0.15, 0.2) is 29.2 Å². The molecule has 0 aliphatic carbocycles. The van der Waals surface area contributed by atoms with E-state index in [9.17, 15) is 18.0 Å². The maximum atomic E-state index is 12.8. The zero-order valence-electron chi connectivity index (χ0n) is 17.0. The number of carbonyl (C=O) groups is 2. The molecule has 2 saturated heterocycles. The van der Waals surface area contributed by atoms with Crippen molar-refractivity contribution in [2.45, 2.75) is 31.1 Å². The average Bonchev–Trinajstić information content (AvgIpc) is 3.28. The Bertz CT molecular complexity index is 811. The molecule has 0 bridgehead atoms. The van der Waals surface area contributed by atoms with Crippen LogP contribution in [0.25, 0.3) is 0 Å². The number of sulfonamides is 1. The summed E-state index contributed by atoms with van der Waals surface area (Å²) in [5.41, 5.74) is 0.486. The fourth-order valence-electron chi connectivity index (χ4n) is 3.66. The minimum absolute atomic E-state index is 0.0152. The Morgan fingerprint density at radius 1 is 0.966 bits per heavy atom. The lowest BCUT2D eigenvalue weighted by Crippen LogP contribution is -2.51. The molecule has 1 aromatic carbocycles. The third-order valence-corrected chi connectivity index (χ3v) is 7.32. The molecular formula is C20H30N4O4S. The number of carbonyl (C=O) groups excluding carboxylic acids is 2. The van der Waals surface area contributed by atoms with Gasteiger partial charge in [-0.3, -0.25) is 14.5 Å². The third-order valence-electron chi connectivity index (χ3n) is 5.40. The minimum atomic E-state index is -3.47. The van der Waals surface area contributed by atoms with E-state index in [4.69, 9.17) is 0 Å². The van der Waals surface area contributed by atoms with Gasteiger partial charge in [-0.2, -0.15) is 4.31 Å². The van der Waals surface area contributed by atoms with Gasteiger partial charge in [-0.05, 0) is 43.5 Å². The van der Waals surface area contributed by atoms with Gasteiger partial charge in [-0.25, -0.2) is 8.42 Å². The lowest BCUT2D eigenvalue weighted by molar-refractivity contribution is -0.122. The molecule has 0 spiro atoms. The Labute approximate surface area is 172 Å². The fourth-order valence-corrected chi connectivity index (χ4v) is 5.18. The molecule has 3 rings (SSSR count). The van der Waals surface area contributed by atoms with E-state index in [1.54, 1.807) is 17.0 Å². The predicted molar refractivity (Wildman–Crippen MR) is 110 cm³/mol. The first-order valence-corrected chi connectivity index (χ1v) is 11.7. The smallest absolute Gasteiger partial charge is 0.253 e. The first kappa shape index (κ1) is 21.7. The molecule has 8 nitrogen and oxygen atoms in total. The highest BCUT2D eigenvalue weighted by Gasteiger charge is 2.28. The molecule has 2 aliphatic heterocycles. The summed E-state index contributed by atoms with van der Waals surface area (Å²) in [6.45, 7) is 6.55. The number of hydrogen-bond acceptors (Lipinski definition) is 5. The van der Waals surface area contributed by atoms with Gasteiger partial charge in [0.05, 0.1) is 11.4 Å². The molecule has 160 valence electrons. The number of nitrogens with one attached hydrogen (secondary N) is 1. The highest BCUT2D eigenvalue weighted by Crippen LogP contribution is 2.21. The van der Waals surface area contributed by atoms with Crippen LogP contribution < -0.4 is 5.32 Å². The molecule has 2 amide bonds. The van der Waals surface area contributed by atoms with E-state index >= 15 is 0 Å². The number of rotatable bonds is 7. The molecular weight excluding hydrogens is 392 g/mol. The Kier molecular flexibility index (Phi) is 7.26. The summed E-state index contributed by atoms with van der Waals surface area (Å²) in [4.78, 5) is 28.6. The first-order chi connectivity index (χ1) is 13.9. The average molecular weight is 423 g/mol. The summed E-state index contributed by atoms with van der Waals surface area (Å²) < 4.78 is 26.7. The second-order valence-corrected chi connectivity index (χ2v) is 9.49. The Balaban J connectivity index is 1.54. The lowest BCUT2D eigenvalue weighted by Gasteiger charge is -2.34. The number of hydrogen-bond donors (Lipinski definition) is 1. The lowest BCUT2D eigenvalue weighted by atomic mass is 10.2. The minimum Gasteiger partial charge on any atom is -0.355 e. The van der Waals surface area contributed by atoms with Crippen LogP contribution in [0.3, 0.4) is 0 Å². The Morgan fingerprint density at radius 2 is 1.59 bits per heavy atom. The molecule has 2 aliphatic rings. The van der Waals surface area contributed by atoms with Gasteiger partial charge in [0.2, 0.25) is 15.9 Å². The van der Waals surface area contributed by atoms with Crippen molar-refractivity contribution >= 4 is 21.8 Å². The van der Waals surface area contributed by atoms with Crippen molar-refractivity contribution in [1.29, 1.82) is 0 Å². The summed E-state index contributed by atoms with van der Waals surface area (Å²) in [7, 11) is -3.47. The summed E-state index contributed by atoms with van der Waals surface area (Å²) in [6, 6.07) is 6.23. The number of piperazine rings is 1.